The number of para-hydroxylation sites is 1. The Labute approximate surface area is 162 Å². The molecular weight excluding hydrogens is 354 g/mol. The fourth-order valence-corrected chi connectivity index (χ4v) is 2.60. The van der Waals surface area contributed by atoms with Crippen molar-refractivity contribution in [1.82, 2.24) is 0 Å². The Balaban J connectivity index is 1.74. The number of amides is 2. The van der Waals surface area contributed by atoms with Crippen molar-refractivity contribution in [2.45, 2.75) is 6.92 Å². The zero-order valence-corrected chi connectivity index (χ0v) is 15.3. The van der Waals surface area contributed by atoms with Gasteiger partial charge in [-0.05, 0) is 53.9 Å². The summed E-state index contributed by atoms with van der Waals surface area (Å²) < 4.78 is 0. The van der Waals surface area contributed by atoms with E-state index in [1.807, 2.05) is 48.5 Å². The molecule has 0 saturated heterocycles. The molecule has 0 radical (unpaired) electrons. The molecule has 28 heavy (non-hydrogen) atoms. The maximum Gasteiger partial charge on any atom is 0.437 e. The van der Waals surface area contributed by atoms with Gasteiger partial charge in [0, 0.05) is 11.3 Å². The van der Waals surface area contributed by atoms with Crippen molar-refractivity contribution in [2.24, 2.45) is 10.9 Å². The smallest absolute Gasteiger partial charge is 0.366 e. The summed E-state index contributed by atoms with van der Waals surface area (Å²) in [5.41, 5.74) is 9.48. The van der Waals surface area contributed by atoms with E-state index in [4.69, 9.17) is 10.6 Å². The summed E-state index contributed by atoms with van der Waals surface area (Å²) >= 11 is 0. The summed E-state index contributed by atoms with van der Waals surface area (Å²) in [6.45, 7) is 1.74. The van der Waals surface area contributed by atoms with E-state index in [0.29, 0.717) is 17.0 Å². The van der Waals surface area contributed by atoms with Crippen LogP contribution in [0.1, 0.15) is 22.8 Å². The van der Waals surface area contributed by atoms with Crippen LogP contribution in [-0.2, 0) is 4.84 Å². The Hall–Kier alpha value is -3.93. The number of benzene rings is 3. The summed E-state index contributed by atoms with van der Waals surface area (Å²) in [4.78, 5) is 28.2. The first-order chi connectivity index (χ1) is 13.5. The molecule has 3 N–H and O–H groups in total. The molecule has 0 heterocycles. The van der Waals surface area contributed by atoms with E-state index < -0.39 is 12.0 Å². The van der Waals surface area contributed by atoms with Crippen LogP contribution in [0.2, 0.25) is 0 Å². The predicted molar refractivity (Wildman–Crippen MR) is 109 cm³/mol. The van der Waals surface area contributed by atoms with E-state index >= 15 is 0 Å². The number of nitrogens with zero attached hydrogens (tertiary/aromatic N) is 1. The van der Waals surface area contributed by atoms with Crippen molar-refractivity contribution in [3.63, 3.8) is 0 Å². The second-order valence-electron chi connectivity index (χ2n) is 6.07. The van der Waals surface area contributed by atoms with Gasteiger partial charge in [-0.1, -0.05) is 53.7 Å². The van der Waals surface area contributed by atoms with Crippen LogP contribution in [0, 0.1) is 0 Å². The third-order valence-electron chi connectivity index (χ3n) is 4.05. The molecule has 0 aliphatic carbocycles. The number of primary amides is 1. The number of oxime groups is 1. The van der Waals surface area contributed by atoms with Gasteiger partial charge in [0.1, 0.15) is 0 Å². The minimum Gasteiger partial charge on any atom is -0.366 e. The molecule has 6 nitrogen and oxygen atoms in total. The summed E-state index contributed by atoms with van der Waals surface area (Å²) in [7, 11) is 0. The van der Waals surface area contributed by atoms with Gasteiger partial charge < -0.3 is 5.73 Å². The number of rotatable bonds is 5. The van der Waals surface area contributed by atoms with Crippen LogP contribution in [0.25, 0.3) is 11.1 Å². The molecule has 140 valence electrons. The zero-order chi connectivity index (χ0) is 19.9. The van der Waals surface area contributed by atoms with Gasteiger partial charge >= 0.3 is 6.09 Å². The van der Waals surface area contributed by atoms with Gasteiger partial charge in [0.25, 0.3) is 0 Å². The van der Waals surface area contributed by atoms with Crippen LogP contribution in [0.3, 0.4) is 0 Å². The third kappa shape index (κ3) is 4.82. The lowest BCUT2D eigenvalue weighted by Gasteiger charge is -2.07. The van der Waals surface area contributed by atoms with Crippen molar-refractivity contribution in [3.8, 4) is 11.1 Å². The summed E-state index contributed by atoms with van der Waals surface area (Å²) in [5.74, 6) is -0.478. The SMILES string of the molecule is C/C(=N\OC(=O)Nc1ccccc1)c1cccc(-c2cccc(C(N)=O)c2)c1. The van der Waals surface area contributed by atoms with E-state index in [1.54, 1.807) is 37.3 Å². The highest BCUT2D eigenvalue weighted by Crippen LogP contribution is 2.22. The molecule has 2 amide bonds. The molecule has 3 aromatic carbocycles. The van der Waals surface area contributed by atoms with Crippen molar-refractivity contribution in [2.75, 3.05) is 5.32 Å². The molecule has 0 saturated carbocycles. The number of hydrogen-bond donors (Lipinski definition) is 2. The van der Waals surface area contributed by atoms with Crippen molar-refractivity contribution in [3.05, 3.63) is 90.0 Å². The van der Waals surface area contributed by atoms with Gasteiger partial charge in [0.2, 0.25) is 5.91 Å². The van der Waals surface area contributed by atoms with Crippen molar-refractivity contribution in [1.29, 1.82) is 0 Å². The molecule has 6 heteroatoms. The fraction of sp³-hybridized carbons (Fsp3) is 0.0455. The predicted octanol–water partition coefficient (Wildman–Crippen LogP) is 4.43. The maximum atomic E-state index is 11.9. The summed E-state index contributed by atoms with van der Waals surface area (Å²) in [5, 5.41) is 6.49. The van der Waals surface area contributed by atoms with Gasteiger partial charge in [-0.15, -0.1) is 0 Å². The Morgan fingerprint density at radius 2 is 1.46 bits per heavy atom. The lowest BCUT2D eigenvalue weighted by Crippen LogP contribution is -2.11. The minimum atomic E-state index is -0.670. The molecular formula is C22H19N3O3. The fourth-order valence-electron chi connectivity index (χ4n) is 2.60. The van der Waals surface area contributed by atoms with Gasteiger partial charge in [-0.25, -0.2) is 4.79 Å². The first-order valence-corrected chi connectivity index (χ1v) is 8.61. The average Bonchev–Trinajstić information content (AvgIpc) is 2.73. The number of nitrogens with one attached hydrogen (secondary N) is 1. The normalized spacial score (nSPS) is 11.0. The topological polar surface area (TPSA) is 93.8 Å². The zero-order valence-electron chi connectivity index (χ0n) is 15.3. The molecule has 3 rings (SSSR count). The van der Waals surface area contributed by atoms with Crippen molar-refractivity contribution < 1.29 is 14.4 Å². The van der Waals surface area contributed by atoms with Crippen LogP contribution in [0.15, 0.2) is 84.0 Å². The second kappa shape index (κ2) is 8.64. The number of anilines is 1. The van der Waals surface area contributed by atoms with Gasteiger partial charge in [0.05, 0.1) is 5.71 Å². The monoisotopic (exact) mass is 373 g/mol. The number of carbonyl (C=O) groups is 2. The van der Waals surface area contributed by atoms with E-state index in [0.717, 1.165) is 16.7 Å². The van der Waals surface area contributed by atoms with Crippen LogP contribution < -0.4 is 11.1 Å². The summed E-state index contributed by atoms with van der Waals surface area (Å²) in [6, 6.07) is 23.6. The third-order valence-corrected chi connectivity index (χ3v) is 4.05. The van der Waals surface area contributed by atoms with Crippen LogP contribution in [-0.4, -0.2) is 17.7 Å². The first kappa shape index (κ1) is 18.8. The summed E-state index contributed by atoms with van der Waals surface area (Å²) in [6.07, 6.45) is -0.670. The number of nitrogens with two attached hydrogens (primary N) is 1. The second-order valence-corrected chi connectivity index (χ2v) is 6.07. The standard InChI is InChI=1S/C22H19N3O3/c1-15(25-28-22(27)24-20-11-3-2-4-12-20)16-7-5-8-17(13-16)18-9-6-10-19(14-18)21(23)26/h2-14H,1H3,(H2,23,26)(H,24,27)/b25-15+. The molecule has 0 aliphatic heterocycles. The van der Waals surface area contributed by atoms with Gasteiger partial charge in [0.15, 0.2) is 0 Å². The molecule has 0 bridgehead atoms. The van der Waals surface area contributed by atoms with E-state index in [2.05, 4.69) is 10.5 Å². The molecule has 0 spiro atoms. The molecule has 0 unspecified atom stereocenters. The minimum absolute atomic E-state index is 0.439. The molecule has 0 aliphatic rings. The van der Waals surface area contributed by atoms with E-state index in [9.17, 15) is 9.59 Å². The Morgan fingerprint density at radius 1 is 0.857 bits per heavy atom. The maximum absolute atomic E-state index is 11.9. The quantitative estimate of drug-likeness (QED) is 0.394. The lowest BCUT2D eigenvalue weighted by atomic mass is 10.00. The van der Waals surface area contributed by atoms with Gasteiger partial charge in [-0.3, -0.25) is 14.9 Å². The highest BCUT2D eigenvalue weighted by molar-refractivity contribution is 6.00. The molecule has 0 aromatic heterocycles. The first-order valence-electron chi connectivity index (χ1n) is 8.61. The largest absolute Gasteiger partial charge is 0.437 e. The lowest BCUT2D eigenvalue weighted by molar-refractivity contribution is 0.1000. The van der Waals surface area contributed by atoms with Crippen LogP contribution >= 0.6 is 0 Å². The Kier molecular flexibility index (Phi) is 5.81. The van der Waals surface area contributed by atoms with E-state index in [1.165, 1.54) is 0 Å². The molecule has 0 atom stereocenters. The molecule has 3 aromatic rings. The number of carbonyl (C=O) groups excluding carboxylic acids is 2. The van der Waals surface area contributed by atoms with Crippen LogP contribution in [0.4, 0.5) is 10.5 Å². The highest BCUT2D eigenvalue weighted by atomic mass is 16.7. The van der Waals surface area contributed by atoms with Crippen molar-refractivity contribution >= 4 is 23.4 Å². The number of hydrogen-bond acceptors (Lipinski definition) is 4. The van der Waals surface area contributed by atoms with Gasteiger partial charge in [-0.2, -0.15) is 0 Å². The average molecular weight is 373 g/mol. The molecule has 0 fully saturated rings. The van der Waals surface area contributed by atoms with Crippen LogP contribution in [0.5, 0.6) is 0 Å². The highest BCUT2D eigenvalue weighted by Gasteiger charge is 2.07. The van der Waals surface area contributed by atoms with E-state index in [-0.39, 0.29) is 0 Å². The Bertz CT molecular complexity index is 1030. The Morgan fingerprint density at radius 3 is 2.11 bits per heavy atom.